The molecule has 3 unspecified atom stereocenters. The number of aliphatic carboxylic acids is 1. The van der Waals surface area contributed by atoms with Crippen LogP contribution in [0.25, 0.3) is 11.1 Å². The second kappa shape index (κ2) is 11.7. The zero-order valence-electron chi connectivity index (χ0n) is 22.4. The molecule has 0 saturated heterocycles. The summed E-state index contributed by atoms with van der Waals surface area (Å²) in [5.74, 6) is -0.930. The van der Waals surface area contributed by atoms with Crippen LogP contribution in [0, 0.1) is 5.92 Å². The van der Waals surface area contributed by atoms with Crippen LogP contribution in [-0.2, 0) is 11.0 Å². The van der Waals surface area contributed by atoms with Crippen molar-refractivity contribution in [2.75, 3.05) is 6.54 Å². The molecular weight excluding hydrogens is 535 g/mol. The minimum Gasteiger partial charge on any atom is -0.481 e. The Balaban J connectivity index is 1.62. The Bertz CT molecular complexity index is 1390. The lowest BCUT2D eigenvalue weighted by Gasteiger charge is -2.37. The Labute approximate surface area is 238 Å². The first-order chi connectivity index (χ1) is 19.2. The molecule has 40 heavy (non-hydrogen) atoms. The molecule has 2 aliphatic rings. The standard InChI is InChI=1S/C33H33ClF3NO2/c1-2-7-30(22-12-14-24(15-13-22)33(35,36)37)38-20-29(27-11-6-10-23(32(27)38)18-31(39)40)26-17-16-25(34)19-28(26)21-8-4-3-5-9-21/h3-5,8-9,12-17,19,23,29-30H,2,6-7,10-11,18,20H2,1H3,(H,39,40). The van der Waals surface area contributed by atoms with Gasteiger partial charge in [-0.1, -0.05) is 73.5 Å². The number of halogens is 4. The van der Waals surface area contributed by atoms with E-state index in [1.165, 1.54) is 5.57 Å². The summed E-state index contributed by atoms with van der Waals surface area (Å²) in [6.07, 6.45) is -0.197. The zero-order valence-corrected chi connectivity index (χ0v) is 23.2. The molecule has 1 N–H and O–H groups in total. The van der Waals surface area contributed by atoms with Gasteiger partial charge in [0.25, 0.3) is 0 Å². The van der Waals surface area contributed by atoms with Crippen molar-refractivity contribution in [2.24, 2.45) is 5.92 Å². The first-order valence-corrected chi connectivity index (χ1v) is 14.3. The molecule has 0 fully saturated rings. The fourth-order valence-electron chi connectivity index (χ4n) is 6.60. The minimum atomic E-state index is -4.40. The fraction of sp³-hybridized carbons (Fsp3) is 0.364. The maximum atomic E-state index is 13.3. The van der Waals surface area contributed by atoms with E-state index in [9.17, 15) is 23.1 Å². The summed E-state index contributed by atoms with van der Waals surface area (Å²) in [6.45, 7) is 2.72. The highest BCUT2D eigenvalue weighted by molar-refractivity contribution is 6.30. The van der Waals surface area contributed by atoms with Gasteiger partial charge in [0.15, 0.2) is 0 Å². The first kappa shape index (κ1) is 28.3. The van der Waals surface area contributed by atoms with Crippen LogP contribution in [0.2, 0.25) is 5.02 Å². The highest BCUT2D eigenvalue weighted by Crippen LogP contribution is 2.52. The van der Waals surface area contributed by atoms with E-state index in [0.29, 0.717) is 11.6 Å². The third-order valence-electron chi connectivity index (χ3n) is 8.28. The van der Waals surface area contributed by atoms with Gasteiger partial charge in [0.05, 0.1) is 18.0 Å². The molecule has 3 atom stereocenters. The smallest absolute Gasteiger partial charge is 0.416 e. The lowest BCUT2D eigenvalue weighted by molar-refractivity contribution is -0.138. The van der Waals surface area contributed by atoms with Crippen molar-refractivity contribution in [1.82, 2.24) is 4.90 Å². The second-order valence-corrected chi connectivity index (χ2v) is 11.3. The van der Waals surface area contributed by atoms with Gasteiger partial charge in [-0.2, -0.15) is 13.2 Å². The number of carboxylic acid groups (broad SMARTS) is 1. The van der Waals surface area contributed by atoms with Crippen LogP contribution in [0.5, 0.6) is 0 Å². The zero-order chi connectivity index (χ0) is 28.4. The van der Waals surface area contributed by atoms with Crippen molar-refractivity contribution in [3.63, 3.8) is 0 Å². The molecule has 0 radical (unpaired) electrons. The largest absolute Gasteiger partial charge is 0.481 e. The van der Waals surface area contributed by atoms with E-state index in [-0.39, 0.29) is 24.3 Å². The van der Waals surface area contributed by atoms with Crippen LogP contribution in [-0.4, -0.2) is 22.5 Å². The SMILES string of the molecule is CCCC(c1ccc(C(F)(F)F)cc1)N1CC(c2ccc(Cl)cc2-c2ccccc2)C2=C1C(CC(=O)O)CCC2. The summed E-state index contributed by atoms with van der Waals surface area (Å²) in [6, 6.07) is 21.4. The third-order valence-corrected chi connectivity index (χ3v) is 8.52. The second-order valence-electron chi connectivity index (χ2n) is 10.8. The first-order valence-electron chi connectivity index (χ1n) is 13.9. The molecule has 1 heterocycles. The third kappa shape index (κ3) is 5.78. The van der Waals surface area contributed by atoms with Crippen molar-refractivity contribution in [3.8, 4) is 11.1 Å². The van der Waals surface area contributed by atoms with Gasteiger partial charge in [0.2, 0.25) is 0 Å². The van der Waals surface area contributed by atoms with Gasteiger partial charge in [-0.05, 0) is 77.8 Å². The van der Waals surface area contributed by atoms with Crippen molar-refractivity contribution in [2.45, 2.75) is 63.6 Å². The monoisotopic (exact) mass is 567 g/mol. The number of carboxylic acids is 1. The maximum absolute atomic E-state index is 13.3. The molecule has 0 saturated carbocycles. The van der Waals surface area contributed by atoms with E-state index in [4.69, 9.17) is 11.6 Å². The van der Waals surface area contributed by atoms with E-state index in [2.05, 4.69) is 30.0 Å². The molecule has 1 aliphatic heterocycles. The molecule has 5 rings (SSSR count). The van der Waals surface area contributed by atoms with E-state index < -0.39 is 17.7 Å². The van der Waals surface area contributed by atoms with Crippen molar-refractivity contribution in [1.29, 1.82) is 0 Å². The van der Waals surface area contributed by atoms with Gasteiger partial charge in [0, 0.05) is 29.1 Å². The molecular formula is C33H33ClF3NO2. The summed E-state index contributed by atoms with van der Waals surface area (Å²) in [4.78, 5) is 14.2. The van der Waals surface area contributed by atoms with Crippen LogP contribution in [0.15, 0.2) is 84.1 Å². The maximum Gasteiger partial charge on any atom is 0.416 e. The number of hydrogen-bond donors (Lipinski definition) is 1. The molecule has 0 amide bonds. The molecule has 0 bridgehead atoms. The Morgan fingerprint density at radius 1 is 1.07 bits per heavy atom. The number of allylic oxidation sites excluding steroid dienone is 1. The Morgan fingerprint density at radius 3 is 2.45 bits per heavy atom. The summed E-state index contributed by atoms with van der Waals surface area (Å²) >= 11 is 6.47. The van der Waals surface area contributed by atoms with Gasteiger partial charge >= 0.3 is 12.1 Å². The Kier molecular flexibility index (Phi) is 8.27. The van der Waals surface area contributed by atoms with E-state index >= 15 is 0 Å². The number of benzene rings is 3. The summed E-state index contributed by atoms with van der Waals surface area (Å²) in [7, 11) is 0. The average Bonchev–Trinajstić information content (AvgIpc) is 3.31. The molecule has 7 heteroatoms. The fourth-order valence-corrected chi connectivity index (χ4v) is 6.78. The van der Waals surface area contributed by atoms with Gasteiger partial charge in [-0.15, -0.1) is 0 Å². The minimum absolute atomic E-state index is 0.0351. The molecule has 210 valence electrons. The lowest BCUT2D eigenvalue weighted by Crippen LogP contribution is -2.31. The van der Waals surface area contributed by atoms with Crippen LogP contribution >= 0.6 is 11.6 Å². The number of rotatable bonds is 8. The van der Waals surface area contributed by atoms with E-state index in [1.54, 1.807) is 12.1 Å². The summed E-state index contributed by atoms with van der Waals surface area (Å²) in [5.41, 5.74) is 5.74. The molecule has 0 aromatic heterocycles. The van der Waals surface area contributed by atoms with E-state index in [0.717, 1.165) is 72.2 Å². The molecule has 0 spiro atoms. The van der Waals surface area contributed by atoms with Crippen LogP contribution in [0.3, 0.4) is 0 Å². The highest BCUT2D eigenvalue weighted by Gasteiger charge is 2.42. The highest BCUT2D eigenvalue weighted by atomic mass is 35.5. The number of carbonyl (C=O) groups is 1. The molecule has 3 nitrogen and oxygen atoms in total. The number of nitrogens with zero attached hydrogens (tertiary/aromatic N) is 1. The Hall–Kier alpha value is -3.25. The van der Waals surface area contributed by atoms with Gasteiger partial charge in [0.1, 0.15) is 0 Å². The molecule has 3 aromatic carbocycles. The lowest BCUT2D eigenvalue weighted by atomic mass is 9.79. The number of hydrogen-bond acceptors (Lipinski definition) is 2. The number of alkyl halides is 3. The van der Waals surface area contributed by atoms with E-state index in [1.807, 2.05) is 30.3 Å². The van der Waals surface area contributed by atoms with Crippen molar-refractivity contribution in [3.05, 3.63) is 106 Å². The topological polar surface area (TPSA) is 40.5 Å². The van der Waals surface area contributed by atoms with Crippen molar-refractivity contribution >= 4 is 17.6 Å². The predicted octanol–water partition coefficient (Wildman–Crippen LogP) is 9.50. The van der Waals surface area contributed by atoms with Crippen LogP contribution < -0.4 is 0 Å². The molecule has 3 aromatic rings. The van der Waals surface area contributed by atoms with Crippen LogP contribution in [0.4, 0.5) is 13.2 Å². The quantitative estimate of drug-likeness (QED) is 0.295. The van der Waals surface area contributed by atoms with Crippen molar-refractivity contribution < 1.29 is 23.1 Å². The van der Waals surface area contributed by atoms with Gasteiger partial charge < -0.3 is 10.0 Å². The summed E-state index contributed by atoms with van der Waals surface area (Å²) in [5, 5.41) is 10.4. The van der Waals surface area contributed by atoms with Gasteiger partial charge in [-0.3, -0.25) is 4.79 Å². The predicted molar refractivity (Wildman–Crippen MR) is 152 cm³/mol. The Morgan fingerprint density at radius 2 is 1.80 bits per heavy atom. The van der Waals surface area contributed by atoms with Crippen LogP contribution in [0.1, 0.15) is 74.1 Å². The molecule has 1 aliphatic carbocycles. The normalized spacial score (nSPS) is 20.0. The average molecular weight is 568 g/mol. The van der Waals surface area contributed by atoms with Gasteiger partial charge in [-0.25, -0.2) is 0 Å². The summed E-state index contributed by atoms with van der Waals surface area (Å²) < 4.78 is 40.0.